The summed E-state index contributed by atoms with van der Waals surface area (Å²) in [5, 5.41) is 11.2. The molecule has 0 bridgehead atoms. The van der Waals surface area contributed by atoms with Gasteiger partial charge in [-0.3, -0.25) is 19.0 Å². The van der Waals surface area contributed by atoms with Crippen molar-refractivity contribution >= 4 is 34.7 Å². The Balaban J connectivity index is 1.78. The molecular formula is C25H25F3N6O6. The number of hydrogen-bond acceptors (Lipinski definition) is 9. The summed E-state index contributed by atoms with van der Waals surface area (Å²) in [6, 6.07) is 1.30. The molecule has 6 N–H and O–H groups in total. The summed E-state index contributed by atoms with van der Waals surface area (Å²) in [6.45, 7) is 1.69. The molecule has 1 aliphatic rings. The fourth-order valence-electron chi connectivity index (χ4n) is 4.36. The highest BCUT2D eigenvalue weighted by Crippen LogP contribution is 2.30. The molecule has 15 heteroatoms. The molecule has 4 rings (SSSR count). The number of nitrogens with zero attached hydrogens (tertiary/aromatic N) is 3. The first-order valence-electron chi connectivity index (χ1n) is 12.1. The van der Waals surface area contributed by atoms with Crippen LogP contribution in [0.15, 0.2) is 35.3 Å². The lowest BCUT2D eigenvalue weighted by Gasteiger charge is -2.28. The lowest BCUT2D eigenvalue weighted by atomic mass is 10.1. The first-order chi connectivity index (χ1) is 18.9. The Morgan fingerprint density at radius 3 is 2.58 bits per heavy atom. The number of nitrogens with two attached hydrogens (primary N) is 2. The second kappa shape index (κ2) is 11.3. The molecule has 40 heavy (non-hydrogen) atoms. The number of fused-ring (bicyclic) bond motifs is 1. The SMILES string of the molecule is C[C@H](N)C(=O)C[C@H](N)C(=O)NC1CCCN1c1nc2c(cc1F)c(=O)c(OC(=O)O)cn2-c1ccc(F)cc1F. The fraction of sp³-hybridized carbons (Fsp3) is 0.320. The van der Waals surface area contributed by atoms with Crippen LogP contribution in [-0.4, -0.2) is 57.3 Å². The van der Waals surface area contributed by atoms with Crippen LogP contribution >= 0.6 is 0 Å². The number of ether oxygens (including phenoxy) is 1. The number of nitrogens with one attached hydrogen (secondary N) is 1. The maximum absolute atomic E-state index is 15.4. The predicted molar refractivity (Wildman–Crippen MR) is 136 cm³/mol. The molecule has 3 heterocycles. The Labute approximate surface area is 224 Å². The van der Waals surface area contributed by atoms with E-state index < -0.39 is 70.1 Å². The summed E-state index contributed by atoms with van der Waals surface area (Å²) in [4.78, 5) is 54.2. The number of carboxylic acid groups (broad SMARTS) is 1. The first-order valence-corrected chi connectivity index (χ1v) is 12.1. The van der Waals surface area contributed by atoms with Crippen LogP contribution < -0.4 is 31.8 Å². The largest absolute Gasteiger partial charge is 0.511 e. The average molecular weight is 563 g/mol. The molecular weight excluding hydrogens is 537 g/mol. The van der Waals surface area contributed by atoms with Gasteiger partial charge in [-0.05, 0) is 38.0 Å². The summed E-state index contributed by atoms with van der Waals surface area (Å²) >= 11 is 0. The molecule has 12 nitrogen and oxygen atoms in total. The third-order valence-corrected chi connectivity index (χ3v) is 6.35. The molecule has 1 aromatic carbocycles. The number of Topliss-reactive ketones (excluding diaryl/α,β-unsaturated/α-hetero) is 1. The number of benzene rings is 1. The van der Waals surface area contributed by atoms with Gasteiger partial charge in [0, 0.05) is 19.0 Å². The first kappa shape index (κ1) is 28.5. The van der Waals surface area contributed by atoms with Gasteiger partial charge in [-0.15, -0.1) is 0 Å². The molecule has 1 aliphatic heterocycles. The number of pyridine rings is 2. The third-order valence-electron chi connectivity index (χ3n) is 6.35. The van der Waals surface area contributed by atoms with Crippen molar-refractivity contribution in [2.45, 2.75) is 44.4 Å². The number of anilines is 1. The van der Waals surface area contributed by atoms with Gasteiger partial charge in [-0.2, -0.15) is 0 Å². The quantitative estimate of drug-likeness (QED) is 0.294. The van der Waals surface area contributed by atoms with Crippen molar-refractivity contribution in [1.29, 1.82) is 0 Å². The van der Waals surface area contributed by atoms with E-state index in [1.54, 1.807) is 0 Å². The Hall–Kier alpha value is -4.50. The molecule has 1 saturated heterocycles. The van der Waals surface area contributed by atoms with Crippen molar-refractivity contribution in [1.82, 2.24) is 14.9 Å². The van der Waals surface area contributed by atoms with Crippen LogP contribution in [-0.2, 0) is 9.59 Å². The van der Waals surface area contributed by atoms with Crippen molar-refractivity contribution in [2.24, 2.45) is 11.5 Å². The normalized spacial score (nSPS) is 16.6. The molecule has 3 aromatic rings. The van der Waals surface area contributed by atoms with E-state index in [1.165, 1.54) is 11.8 Å². The maximum atomic E-state index is 15.4. The fourth-order valence-corrected chi connectivity index (χ4v) is 4.36. The van der Waals surface area contributed by atoms with Crippen molar-refractivity contribution in [2.75, 3.05) is 11.4 Å². The van der Waals surface area contributed by atoms with E-state index in [9.17, 15) is 28.0 Å². The van der Waals surface area contributed by atoms with Crippen LogP contribution in [0.3, 0.4) is 0 Å². The predicted octanol–water partition coefficient (Wildman–Crippen LogP) is 1.54. The highest BCUT2D eigenvalue weighted by molar-refractivity contribution is 5.91. The van der Waals surface area contributed by atoms with E-state index in [2.05, 4.69) is 15.0 Å². The number of halogens is 3. The van der Waals surface area contributed by atoms with Gasteiger partial charge in [0.2, 0.25) is 11.3 Å². The molecule has 1 unspecified atom stereocenters. The number of carbonyl (C=O) groups is 3. The zero-order valence-electron chi connectivity index (χ0n) is 21.1. The van der Waals surface area contributed by atoms with Gasteiger partial charge in [-0.1, -0.05) is 0 Å². The Morgan fingerprint density at radius 2 is 1.93 bits per heavy atom. The van der Waals surface area contributed by atoms with Gasteiger partial charge in [0.15, 0.2) is 28.8 Å². The molecule has 0 spiro atoms. The summed E-state index contributed by atoms with van der Waals surface area (Å²) in [6.07, 6.45) is -1.21. The Kier molecular flexibility index (Phi) is 8.06. The second-order valence-corrected chi connectivity index (χ2v) is 9.25. The molecule has 1 amide bonds. The van der Waals surface area contributed by atoms with Gasteiger partial charge >= 0.3 is 6.16 Å². The van der Waals surface area contributed by atoms with Gasteiger partial charge in [0.1, 0.15) is 17.8 Å². The van der Waals surface area contributed by atoms with Crippen LogP contribution in [0.25, 0.3) is 16.7 Å². The lowest BCUT2D eigenvalue weighted by Crippen LogP contribution is -2.51. The molecule has 0 radical (unpaired) electrons. The molecule has 0 saturated carbocycles. The van der Waals surface area contributed by atoms with E-state index >= 15 is 4.39 Å². The number of carbonyl (C=O) groups excluding carboxylic acids is 2. The van der Waals surface area contributed by atoms with Gasteiger partial charge in [-0.25, -0.2) is 22.9 Å². The summed E-state index contributed by atoms with van der Waals surface area (Å²) < 4.78 is 49.2. The smallest absolute Gasteiger partial charge is 0.449 e. The average Bonchev–Trinajstić information content (AvgIpc) is 3.33. The van der Waals surface area contributed by atoms with Crippen LogP contribution in [0, 0.1) is 17.5 Å². The number of ketones is 1. The summed E-state index contributed by atoms with van der Waals surface area (Å²) in [5.74, 6) is -5.14. The highest BCUT2D eigenvalue weighted by Gasteiger charge is 2.32. The van der Waals surface area contributed by atoms with Gasteiger partial charge in [0.05, 0.1) is 29.4 Å². The highest BCUT2D eigenvalue weighted by atomic mass is 19.1. The number of hydrogen-bond donors (Lipinski definition) is 4. The van der Waals surface area contributed by atoms with Crippen LogP contribution in [0.5, 0.6) is 5.75 Å². The van der Waals surface area contributed by atoms with Crippen LogP contribution in [0.1, 0.15) is 26.2 Å². The summed E-state index contributed by atoms with van der Waals surface area (Å²) in [5.41, 5.74) is 9.71. The van der Waals surface area contributed by atoms with E-state index in [0.717, 1.165) is 29.0 Å². The minimum atomic E-state index is -1.84. The van der Waals surface area contributed by atoms with E-state index in [-0.39, 0.29) is 30.1 Å². The summed E-state index contributed by atoms with van der Waals surface area (Å²) in [7, 11) is 0. The Bertz CT molecular complexity index is 1560. The number of rotatable bonds is 8. The van der Waals surface area contributed by atoms with E-state index in [4.69, 9.17) is 16.6 Å². The second-order valence-electron chi connectivity index (χ2n) is 9.25. The minimum absolute atomic E-state index is 0.226. The van der Waals surface area contributed by atoms with Crippen molar-refractivity contribution in [3.8, 4) is 11.4 Å². The van der Waals surface area contributed by atoms with Gasteiger partial charge in [0.25, 0.3) is 0 Å². The zero-order chi connectivity index (χ0) is 29.3. The van der Waals surface area contributed by atoms with Crippen molar-refractivity contribution in [3.63, 3.8) is 0 Å². The van der Waals surface area contributed by atoms with Crippen molar-refractivity contribution < 1.29 is 37.4 Å². The van der Waals surface area contributed by atoms with Crippen LogP contribution in [0.4, 0.5) is 23.8 Å². The molecule has 1 fully saturated rings. The third kappa shape index (κ3) is 5.74. The van der Waals surface area contributed by atoms with Crippen molar-refractivity contribution in [3.05, 3.63) is 58.1 Å². The molecule has 212 valence electrons. The van der Waals surface area contributed by atoms with E-state index in [1.807, 2.05) is 0 Å². The Morgan fingerprint density at radius 1 is 1.20 bits per heavy atom. The zero-order valence-corrected chi connectivity index (χ0v) is 21.1. The van der Waals surface area contributed by atoms with Gasteiger partial charge < -0.3 is 31.5 Å². The minimum Gasteiger partial charge on any atom is -0.449 e. The van der Waals surface area contributed by atoms with Crippen LogP contribution in [0.2, 0.25) is 0 Å². The topological polar surface area (TPSA) is 183 Å². The number of amides is 1. The molecule has 2 aromatic heterocycles. The molecule has 0 aliphatic carbocycles. The lowest BCUT2D eigenvalue weighted by molar-refractivity contribution is -0.127. The number of aromatic nitrogens is 2. The monoisotopic (exact) mass is 562 g/mol. The maximum Gasteiger partial charge on any atom is 0.511 e. The standard InChI is InChI=1S/C25H25F3N6O6/c1-11(29)18(35)9-16(30)24(37)31-20-3-2-6-33(20)23-15(28)8-13-21(36)19(40-25(38)39)10-34(22(13)32-23)17-5-4-12(26)7-14(17)27/h4-5,7-8,10-11,16,20H,2-3,6,9,29-30H2,1H3,(H,31,37)(H,38,39)/t11-,16-,20?/m0/s1. The molecule has 3 atom stereocenters. The van der Waals surface area contributed by atoms with E-state index in [0.29, 0.717) is 18.9 Å².